The fourth-order valence-corrected chi connectivity index (χ4v) is 2.85. The van der Waals surface area contributed by atoms with Gasteiger partial charge >= 0.3 is 0 Å². The third-order valence-electron chi connectivity index (χ3n) is 3.16. The first-order chi connectivity index (χ1) is 9.60. The highest BCUT2D eigenvalue weighted by Crippen LogP contribution is 2.27. The fraction of sp³-hybridized carbons (Fsp3) is 0.438. The average Bonchev–Trinajstić information content (AvgIpc) is 2.83. The Balaban J connectivity index is 2.13. The predicted octanol–water partition coefficient (Wildman–Crippen LogP) is 4.01. The number of ether oxygens (including phenoxy) is 1. The van der Waals surface area contributed by atoms with Crippen molar-refractivity contribution >= 4 is 11.3 Å². The van der Waals surface area contributed by atoms with Crippen LogP contribution in [-0.2, 0) is 6.61 Å². The fourth-order valence-electron chi connectivity index (χ4n) is 2.16. The molecule has 0 aliphatic heterocycles. The summed E-state index contributed by atoms with van der Waals surface area (Å²) in [6.45, 7) is 9.87. The maximum atomic E-state index is 5.97. The van der Waals surface area contributed by atoms with Gasteiger partial charge in [-0.15, -0.1) is 11.3 Å². The number of rotatable bonds is 6. The van der Waals surface area contributed by atoms with Crippen molar-refractivity contribution in [1.29, 1.82) is 0 Å². The molecule has 0 aliphatic carbocycles. The molecule has 1 heterocycles. The van der Waals surface area contributed by atoms with E-state index in [0.717, 1.165) is 23.0 Å². The van der Waals surface area contributed by atoms with E-state index in [9.17, 15) is 0 Å². The Hall–Kier alpha value is -1.39. The summed E-state index contributed by atoms with van der Waals surface area (Å²) in [5, 5.41) is 6.51. The molecule has 108 valence electrons. The normalized spacial score (nSPS) is 12.4. The van der Waals surface area contributed by atoms with E-state index in [0.29, 0.717) is 6.61 Å². The summed E-state index contributed by atoms with van der Waals surface area (Å²) >= 11 is 1.64. The molecule has 20 heavy (non-hydrogen) atoms. The number of benzene rings is 1. The molecule has 2 aromatic rings. The Labute approximate surface area is 125 Å². The maximum Gasteiger partial charge on any atom is 0.140 e. The minimum atomic E-state index is 0.285. The zero-order valence-corrected chi connectivity index (χ0v) is 13.4. The van der Waals surface area contributed by atoms with Crippen LogP contribution in [0.1, 0.15) is 41.7 Å². The molecule has 4 heteroatoms. The van der Waals surface area contributed by atoms with Crippen LogP contribution in [0.3, 0.4) is 0 Å². The van der Waals surface area contributed by atoms with Gasteiger partial charge in [0.05, 0.1) is 0 Å². The Morgan fingerprint density at radius 3 is 2.80 bits per heavy atom. The van der Waals surface area contributed by atoms with Crippen LogP contribution in [0, 0.1) is 13.8 Å². The molecule has 0 saturated carbocycles. The summed E-state index contributed by atoms with van der Waals surface area (Å²) in [4.78, 5) is 4.43. The Bertz CT molecular complexity index is 565. The van der Waals surface area contributed by atoms with Crippen molar-refractivity contribution in [3.63, 3.8) is 0 Å². The molecule has 1 aromatic carbocycles. The smallest absolute Gasteiger partial charge is 0.140 e. The van der Waals surface area contributed by atoms with E-state index in [4.69, 9.17) is 4.74 Å². The van der Waals surface area contributed by atoms with E-state index in [1.165, 1.54) is 11.1 Å². The summed E-state index contributed by atoms with van der Waals surface area (Å²) < 4.78 is 5.97. The Kier molecular flexibility index (Phi) is 5.15. The second-order valence-electron chi connectivity index (χ2n) is 4.99. The molecule has 0 spiro atoms. The van der Waals surface area contributed by atoms with Crippen LogP contribution in [0.2, 0.25) is 0 Å². The van der Waals surface area contributed by atoms with E-state index in [1.54, 1.807) is 11.3 Å². The van der Waals surface area contributed by atoms with Gasteiger partial charge in [-0.05, 0) is 33.4 Å². The number of aromatic nitrogens is 1. The van der Waals surface area contributed by atoms with Crippen molar-refractivity contribution in [2.75, 3.05) is 6.54 Å². The van der Waals surface area contributed by atoms with E-state index >= 15 is 0 Å². The van der Waals surface area contributed by atoms with Crippen molar-refractivity contribution in [3.8, 4) is 5.75 Å². The molecule has 0 aliphatic rings. The summed E-state index contributed by atoms with van der Waals surface area (Å²) in [6.07, 6.45) is 0. The highest BCUT2D eigenvalue weighted by Gasteiger charge is 2.12. The van der Waals surface area contributed by atoms with Crippen LogP contribution < -0.4 is 10.1 Å². The summed E-state index contributed by atoms with van der Waals surface area (Å²) in [6, 6.07) is 6.62. The zero-order valence-electron chi connectivity index (χ0n) is 12.6. The van der Waals surface area contributed by atoms with Crippen LogP contribution >= 0.6 is 11.3 Å². The molecule has 0 radical (unpaired) electrons. The van der Waals surface area contributed by atoms with Gasteiger partial charge in [-0.2, -0.15) is 0 Å². The molecule has 2 rings (SSSR count). The van der Waals surface area contributed by atoms with E-state index in [2.05, 4.69) is 54.7 Å². The standard InChI is InChI=1S/C16H22N2OS/c1-5-17-13(4)14-8-11(2)6-7-15(14)19-9-16-18-12(3)10-20-16/h6-8,10,13,17H,5,9H2,1-4H3. The second-order valence-corrected chi connectivity index (χ2v) is 5.93. The van der Waals surface area contributed by atoms with Gasteiger partial charge < -0.3 is 10.1 Å². The second kappa shape index (κ2) is 6.86. The third kappa shape index (κ3) is 3.81. The molecule has 0 bridgehead atoms. The lowest BCUT2D eigenvalue weighted by Crippen LogP contribution is -2.18. The maximum absolute atomic E-state index is 5.97. The highest BCUT2D eigenvalue weighted by molar-refractivity contribution is 7.09. The van der Waals surface area contributed by atoms with E-state index < -0.39 is 0 Å². The number of nitrogens with one attached hydrogen (secondary N) is 1. The van der Waals surface area contributed by atoms with Crippen LogP contribution in [0.25, 0.3) is 0 Å². The van der Waals surface area contributed by atoms with Crippen LogP contribution in [-0.4, -0.2) is 11.5 Å². The number of hydrogen-bond donors (Lipinski definition) is 1. The minimum Gasteiger partial charge on any atom is -0.486 e. The van der Waals surface area contributed by atoms with Gasteiger partial charge in [0.25, 0.3) is 0 Å². The molecular weight excluding hydrogens is 268 g/mol. The van der Waals surface area contributed by atoms with Gasteiger partial charge in [-0.25, -0.2) is 4.98 Å². The lowest BCUT2D eigenvalue weighted by molar-refractivity contribution is 0.299. The van der Waals surface area contributed by atoms with Crippen molar-refractivity contribution < 1.29 is 4.74 Å². The lowest BCUT2D eigenvalue weighted by Gasteiger charge is -2.18. The molecular formula is C16H22N2OS. The highest BCUT2D eigenvalue weighted by atomic mass is 32.1. The van der Waals surface area contributed by atoms with E-state index in [1.807, 2.05) is 6.92 Å². The van der Waals surface area contributed by atoms with Crippen LogP contribution in [0.15, 0.2) is 23.6 Å². The lowest BCUT2D eigenvalue weighted by atomic mass is 10.0. The zero-order chi connectivity index (χ0) is 14.5. The molecule has 0 saturated heterocycles. The van der Waals surface area contributed by atoms with Gasteiger partial charge in [-0.3, -0.25) is 0 Å². The van der Waals surface area contributed by atoms with E-state index in [-0.39, 0.29) is 6.04 Å². The first-order valence-corrected chi connectivity index (χ1v) is 7.86. The van der Waals surface area contributed by atoms with Crippen molar-refractivity contribution in [2.45, 2.75) is 40.3 Å². The van der Waals surface area contributed by atoms with Crippen LogP contribution in [0.4, 0.5) is 0 Å². The van der Waals surface area contributed by atoms with Crippen molar-refractivity contribution in [3.05, 3.63) is 45.4 Å². The summed E-state index contributed by atoms with van der Waals surface area (Å²) in [5.41, 5.74) is 3.51. The molecule has 0 amide bonds. The Morgan fingerprint density at radius 1 is 1.35 bits per heavy atom. The average molecular weight is 290 g/mol. The SMILES string of the molecule is CCNC(C)c1cc(C)ccc1OCc1nc(C)cs1. The Morgan fingerprint density at radius 2 is 2.15 bits per heavy atom. The molecule has 1 atom stereocenters. The first-order valence-electron chi connectivity index (χ1n) is 6.98. The molecule has 1 aromatic heterocycles. The molecule has 3 nitrogen and oxygen atoms in total. The van der Waals surface area contributed by atoms with Gasteiger partial charge in [0.2, 0.25) is 0 Å². The van der Waals surface area contributed by atoms with Crippen molar-refractivity contribution in [2.24, 2.45) is 0 Å². The number of thiazole rings is 1. The topological polar surface area (TPSA) is 34.1 Å². The molecule has 0 fully saturated rings. The molecule has 1 unspecified atom stereocenters. The minimum absolute atomic E-state index is 0.285. The predicted molar refractivity (Wildman–Crippen MR) is 84.5 cm³/mol. The summed E-state index contributed by atoms with van der Waals surface area (Å²) in [7, 11) is 0. The number of nitrogens with zero attached hydrogens (tertiary/aromatic N) is 1. The number of hydrogen-bond acceptors (Lipinski definition) is 4. The van der Waals surface area contributed by atoms with Gasteiger partial charge in [0.1, 0.15) is 17.4 Å². The summed E-state index contributed by atoms with van der Waals surface area (Å²) in [5.74, 6) is 0.942. The molecule has 1 N–H and O–H groups in total. The van der Waals surface area contributed by atoms with Gasteiger partial charge in [-0.1, -0.05) is 24.6 Å². The van der Waals surface area contributed by atoms with Crippen LogP contribution in [0.5, 0.6) is 5.75 Å². The third-order valence-corrected chi connectivity index (χ3v) is 4.10. The quantitative estimate of drug-likeness (QED) is 0.873. The number of aryl methyl sites for hydroxylation is 2. The van der Waals surface area contributed by atoms with Gasteiger partial charge in [0.15, 0.2) is 0 Å². The van der Waals surface area contributed by atoms with Crippen molar-refractivity contribution in [1.82, 2.24) is 10.3 Å². The monoisotopic (exact) mass is 290 g/mol. The first kappa shape index (κ1) is 15.0. The van der Waals surface area contributed by atoms with Gasteiger partial charge in [0, 0.05) is 22.7 Å². The largest absolute Gasteiger partial charge is 0.486 e.